The fourth-order valence-electron chi connectivity index (χ4n) is 4.11. The van der Waals surface area contributed by atoms with E-state index in [2.05, 4.69) is 55.6 Å². The molecule has 2 aliphatic rings. The Bertz CT molecular complexity index is 866. The maximum atomic E-state index is 6.74. The minimum absolute atomic E-state index is 0.0591. The monoisotopic (exact) mass is 393 g/mol. The molecule has 0 atom stereocenters. The maximum Gasteiger partial charge on any atom is 0.192 e. The van der Waals surface area contributed by atoms with Gasteiger partial charge in [0.25, 0.3) is 0 Å². The second kappa shape index (κ2) is 5.69. The van der Waals surface area contributed by atoms with E-state index >= 15 is 0 Å². The summed E-state index contributed by atoms with van der Waals surface area (Å²) in [4.78, 5) is 0. The Balaban J connectivity index is 1.62. The molecule has 1 saturated carbocycles. The Kier molecular flexibility index (Phi) is 4.00. The van der Waals surface area contributed by atoms with Crippen LogP contribution in [0.25, 0.3) is 11.0 Å². The molecule has 0 N–H and O–H groups in total. The highest BCUT2D eigenvalue weighted by atomic mass is 35.5. The molecule has 0 bridgehead atoms. The molecule has 7 heteroatoms. The number of hydrogen-bond donors (Lipinski definition) is 0. The normalized spacial score (nSPS) is 25.9. The largest absolute Gasteiger partial charge is 0.491 e. The molecule has 0 amide bonds. The van der Waals surface area contributed by atoms with Gasteiger partial charge in [-0.05, 0) is 44.0 Å². The van der Waals surface area contributed by atoms with E-state index in [-0.39, 0.29) is 10.6 Å². The second-order valence-electron chi connectivity index (χ2n) is 9.52. The smallest absolute Gasteiger partial charge is 0.192 e. The summed E-state index contributed by atoms with van der Waals surface area (Å²) in [6.45, 7) is 14.5. The highest BCUT2D eigenvalue weighted by Crippen LogP contribution is 2.52. The summed E-state index contributed by atoms with van der Waals surface area (Å²) in [6.07, 6.45) is 2.92. The lowest BCUT2D eigenvalue weighted by molar-refractivity contribution is -0.0383. The summed E-state index contributed by atoms with van der Waals surface area (Å²) in [5.74, 6) is 0.940. The third-order valence-electron chi connectivity index (χ3n) is 6.36. The van der Waals surface area contributed by atoms with Gasteiger partial charge >= 0.3 is 0 Å². The van der Waals surface area contributed by atoms with Crippen molar-refractivity contribution in [2.24, 2.45) is 0 Å². The van der Waals surface area contributed by atoms with E-state index in [1.807, 2.05) is 6.07 Å². The van der Waals surface area contributed by atoms with Gasteiger partial charge in [0.1, 0.15) is 5.75 Å². The Labute approximate surface area is 161 Å². The Morgan fingerprint density at radius 1 is 1.31 bits per heavy atom. The predicted octanol–water partition coefficient (Wildman–Crippen LogP) is 5.14. The number of fused-ring (bicyclic) bond motifs is 3. The van der Waals surface area contributed by atoms with Crippen LogP contribution in [0.15, 0.2) is 6.07 Å². The van der Waals surface area contributed by atoms with Gasteiger partial charge in [-0.2, -0.15) is 0 Å². The van der Waals surface area contributed by atoms with Crippen molar-refractivity contribution < 1.29 is 9.16 Å². The first-order chi connectivity index (χ1) is 12.0. The van der Waals surface area contributed by atoms with Crippen LogP contribution in [0.1, 0.15) is 52.3 Å². The molecule has 2 aromatic rings. The highest BCUT2D eigenvalue weighted by molar-refractivity contribution is 6.74. The van der Waals surface area contributed by atoms with Crippen molar-refractivity contribution in [3.8, 4) is 5.75 Å². The molecule has 2 aromatic heterocycles. The molecular formula is C19H28ClN3O2Si. The van der Waals surface area contributed by atoms with E-state index in [9.17, 15) is 0 Å². The lowest BCUT2D eigenvalue weighted by Gasteiger charge is -2.52. The van der Waals surface area contributed by atoms with Crippen molar-refractivity contribution in [2.45, 2.75) is 76.7 Å². The van der Waals surface area contributed by atoms with Crippen molar-refractivity contribution in [2.75, 3.05) is 6.61 Å². The molecule has 142 valence electrons. The Hall–Kier alpha value is -1.11. The molecule has 1 aliphatic heterocycles. The van der Waals surface area contributed by atoms with Gasteiger partial charge in [-0.15, -0.1) is 10.2 Å². The van der Waals surface area contributed by atoms with E-state index in [1.165, 1.54) is 5.69 Å². The summed E-state index contributed by atoms with van der Waals surface area (Å²) in [5, 5.41) is 10.1. The average Bonchev–Trinajstić information content (AvgIpc) is 3.03. The lowest BCUT2D eigenvalue weighted by Crippen LogP contribution is -2.54. The summed E-state index contributed by atoms with van der Waals surface area (Å²) in [5.41, 5.74) is 2.06. The van der Waals surface area contributed by atoms with Gasteiger partial charge in [0.2, 0.25) is 0 Å². The Morgan fingerprint density at radius 3 is 2.65 bits per heavy atom. The third-order valence-corrected chi connectivity index (χ3v) is 11.2. The molecule has 0 spiro atoms. The molecule has 1 fully saturated rings. The SMILES string of the molecule is CC1(O[Si](C)(C)C(C)(C)C)CC(n2c3c(c4cc(Cl)nnc42)OCC3)C1. The maximum absolute atomic E-state index is 6.74. The number of rotatable bonds is 3. The van der Waals surface area contributed by atoms with Gasteiger partial charge in [0.05, 0.1) is 23.3 Å². The molecule has 5 nitrogen and oxygen atoms in total. The molecule has 0 aromatic carbocycles. The van der Waals surface area contributed by atoms with Crippen LogP contribution in [-0.4, -0.2) is 35.3 Å². The van der Waals surface area contributed by atoms with Crippen molar-refractivity contribution >= 4 is 31.0 Å². The van der Waals surface area contributed by atoms with Crippen LogP contribution in [0, 0.1) is 0 Å². The number of hydrogen-bond acceptors (Lipinski definition) is 4. The van der Waals surface area contributed by atoms with Crippen LogP contribution < -0.4 is 4.74 Å². The number of ether oxygens (including phenoxy) is 1. The highest BCUT2D eigenvalue weighted by Gasteiger charge is 2.50. The standard InChI is InChI=1S/C19H28ClN3O2Si/c1-18(2,3)26(5,6)25-19(4)10-12(11-19)23-14-7-8-24-16(14)13-9-15(20)21-22-17(13)23/h9,12H,7-8,10-11H2,1-6H3. The fraction of sp³-hybridized carbons (Fsp3) is 0.684. The minimum Gasteiger partial charge on any atom is -0.491 e. The lowest BCUT2D eigenvalue weighted by atomic mass is 9.77. The molecule has 0 radical (unpaired) electrons. The van der Waals surface area contributed by atoms with Crippen molar-refractivity contribution in [1.29, 1.82) is 0 Å². The molecule has 26 heavy (non-hydrogen) atoms. The zero-order valence-electron chi connectivity index (χ0n) is 16.5. The Morgan fingerprint density at radius 2 is 2.00 bits per heavy atom. The third kappa shape index (κ3) is 2.77. The zero-order valence-corrected chi connectivity index (χ0v) is 18.3. The van der Waals surface area contributed by atoms with Gasteiger partial charge in [0, 0.05) is 12.5 Å². The van der Waals surface area contributed by atoms with Crippen LogP contribution in [0.4, 0.5) is 0 Å². The van der Waals surface area contributed by atoms with Crippen molar-refractivity contribution in [3.05, 3.63) is 16.9 Å². The molecular weight excluding hydrogens is 366 g/mol. The average molecular weight is 394 g/mol. The van der Waals surface area contributed by atoms with Gasteiger partial charge in [-0.3, -0.25) is 0 Å². The molecule has 4 rings (SSSR count). The summed E-state index contributed by atoms with van der Waals surface area (Å²) in [6, 6.07) is 2.25. The molecule has 0 unspecified atom stereocenters. The van der Waals surface area contributed by atoms with E-state index in [4.69, 9.17) is 20.8 Å². The van der Waals surface area contributed by atoms with Crippen LogP contribution in [0.2, 0.25) is 23.3 Å². The predicted molar refractivity (Wildman–Crippen MR) is 107 cm³/mol. The van der Waals surface area contributed by atoms with E-state index < -0.39 is 8.32 Å². The molecule has 1 aliphatic carbocycles. The van der Waals surface area contributed by atoms with E-state index in [0.717, 1.165) is 42.7 Å². The number of nitrogens with zero attached hydrogens (tertiary/aromatic N) is 3. The van der Waals surface area contributed by atoms with Crippen LogP contribution in [-0.2, 0) is 10.8 Å². The van der Waals surface area contributed by atoms with Crippen molar-refractivity contribution in [1.82, 2.24) is 14.8 Å². The topological polar surface area (TPSA) is 49.2 Å². The zero-order chi connectivity index (χ0) is 18.9. The van der Waals surface area contributed by atoms with E-state index in [0.29, 0.717) is 11.2 Å². The fourth-order valence-corrected chi connectivity index (χ4v) is 5.96. The number of halogens is 1. The quantitative estimate of drug-likeness (QED) is 0.678. The number of aromatic nitrogens is 3. The summed E-state index contributed by atoms with van der Waals surface area (Å²) >= 11 is 6.06. The van der Waals surface area contributed by atoms with Crippen LogP contribution in [0.3, 0.4) is 0 Å². The first-order valence-electron chi connectivity index (χ1n) is 9.40. The second-order valence-corrected chi connectivity index (χ2v) is 14.6. The van der Waals surface area contributed by atoms with Crippen LogP contribution >= 0.6 is 11.6 Å². The first kappa shape index (κ1) is 18.3. The molecule has 3 heterocycles. The molecule has 0 saturated heterocycles. The van der Waals surface area contributed by atoms with Gasteiger partial charge in [-0.25, -0.2) is 0 Å². The van der Waals surface area contributed by atoms with Crippen molar-refractivity contribution in [3.63, 3.8) is 0 Å². The van der Waals surface area contributed by atoms with Gasteiger partial charge < -0.3 is 13.7 Å². The first-order valence-corrected chi connectivity index (χ1v) is 12.7. The van der Waals surface area contributed by atoms with Gasteiger partial charge in [-0.1, -0.05) is 32.4 Å². The van der Waals surface area contributed by atoms with Crippen LogP contribution in [0.5, 0.6) is 5.75 Å². The minimum atomic E-state index is -1.79. The summed E-state index contributed by atoms with van der Waals surface area (Å²) in [7, 11) is -1.79. The summed E-state index contributed by atoms with van der Waals surface area (Å²) < 4.78 is 14.9. The van der Waals surface area contributed by atoms with E-state index in [1.54, 1.807) is 0 Å². The van der Waals surface area contributed by atoms with Gasteiger partial charge in [0.15, 0.2) is 19.1 Å².